The van der Waals surface area contributed by atoms with Crippen molar-refractivity contribution in [3.05, 3.63) is 64.4 Å². The summed E-state index contributed by atoms with van der Waals surface area (Å²) in [7, 11) is 3.15. The minimum atomic E-state index is -0.812. The van der Waals surface area contributed by atoms with Crippen LogP contribution in [0.4, 0.5) is 0 Å². The van der Waals surface area contributed by atoms with Crippen LogP contribution in [0.1, 0.15) is 24.8 Å². The Morgan fingerprint density at radius 3 is 2.54 bits per heavy atom. The molecule has 0 bridgehead atoms. The smallest absolute Gasteiger partial charge is 0.234 e. The van der Waals surface area contributed by atoms with Crippen LogP contribution < -0.4 is 25.8 Å². The van der Waals surface area contributed by atoms with Crippen LogP contribution in [0.15, 0.2) is 53.9 Å². The molecule has 41 heavy (non-hydrogen) atoms. The van der Waals surface area contributed by atoms with Gasteiger partial charge in [0.05, 0.1) is 29.5 Å². The summed E-state index contributed by atoms with van der Waals surface area (Å²) in [6.45, 7) is 1.70. The highest BCUT2D eigenvalue weighted by Crippen LogP contribution is 2.33. The van der Waals surface area contributed by atoms with Gasteiger partial charge in [0.1, 0.15) is 0 Å². The molecule has 1 aromatic heterocycles. The van der Waals surface area contributed by atoms with Crippen molar-refractivity contribution < 1.29 is 19.1 Å². The van der Waals surface area contributed by atoms with Gasteiger partial charge in [0.15, 0.2) is 16.7 Å². The van der Waals surface area contributed by atoms with E-state index in [1.54, 1.807) is 38.7 Å². The highest BCUT2D eigenvalue weighted by atomic mass is 35.5. The van der Waals surface area contributed by atoms with E-state index >= 15 is 0 Å². The van der Waals surface area contributed by atoms with Crippen LogP contribution in [0, 0.1) is 5.92 Å². The number of piperidine rings is 1. The first-order valence-electron chi connectivity index (χ1n) is 13.2. The van der Waals surface area contributed by atoms with Crippen molar-refractivity contribution in [3.63, 3.8) is 0 Å². The molecule has 2 heterocycles. The number of benzene rings is 2. The van der Waals surface area contributed by atoms with E-state index in [-0.39, 0.29) is 24.3 Å². The monoisotopic (exact) mass is 617 g/mol. The summed E-state index contributed by atoms with van der Waals surface area (Å²) in [5, 5.41) is 7.07. The summed E-state index contributed by atoms with van der Waals surface area (Å²) in [5.74, 6) is 0.482. The Morgan fingerprint density at radius 2 is 1.88 bits per heavy atom. The lowest BCUT2D eigenvalue weighted by Gasteiger charge is -2.32. The topological polar surface area (TPSA) is 128 Å². The minimum Gasteiger partial charge on any atom is -0.493 e. The van der Waals surface area contributed by atoms with Crippen LogP contribution in [0.5, 0.6) is 11.5 Å². The number of thioether (sulfide) groups is 1. The average molecular weight is 619 g/mol. The molecular formula is C29H33Cl2N5O4S. The fourth-order valence-electron chi connectivity index (χ4n) is 4.82. The number of carbonyl (C=O) groups excluding carboxylic acids is 2. The fraction of sp³-hybridized carbons (Fsp3) is 0.379. The molecule has 12 heteroatoms. The van der Waals surface area contributed by atoms with E-state index < -0.39 is 11.2 Å². The standard InChI is InChI=1S/C29H33Cl2N5O4S/c1-39-23-9-8-17(12-24(23)40-2)20-15-34-29(35-16-20)41-25(13-26(32)37)28(38)36-22(19-6-4-10-33-14-19)11-18-5-3-7-21(30)27(18)31/h3,5,7-9,12,15-16,19,22,25,33H,4,6,10-11,13-14H2,1-2H3,(H2,32,37)(H,36,38). The summed E-state index contributed by atoms with van der Waals surface area (Å²) in [4.78, 5) is 34.4. The maximum Gasteiger partial charge on any atom is 0.234 e. The molecule has 0 saturated carbocycles. The molecule has 4 N–H and O–H groups in total. The first kappa shape index (κ1) is 30.9. The van der Waals surface area contributed by atoms with Crippen LogP contribution in [0.25, 0.3) is 11.1 Å². The molecule has 4 rings (SSSR count). The summed E-state index contributed by atoms with van der Waals surface area (Å²) >= 11 is 13.8. The highest BCUT2D eigenvalue weighted by Gasteiger charge is 2.30. The van der Waals surface area contributed by atoms with Gasteiger partial charge in [-0.05, 0) is 67.6 Å². The van der Waals surface area contributed by atoms with E-state index in [0.29, 0.717) is 33.1 Å². The first-order valence-corrected chi connectivity index (χ1v) is 14.9. The Bertz CT molecular complexity index is 1360. The second-order valence-electron chi connectivity index (χ2n) is 9.74. The lowest BCUT2D eigenvalue weighted by Crippen LogP contribution is -2.50. The van der Waals surface area contributed by atoms with E-state index in [4.69, 9.17) is 38.4 Å². The quantitative estimate of drug-likeness (QED) is 0.200. The van der Waals surface area contributed by atoms with Crippen molar-refractivity contribution in [3.8, 4) is 22.6 Å². The minimum absolute atomic E-state index is 0.162. The number of methoxy groups -OCH3 is 2. The molecule has 0 spiro atoms. The second-order valence-corrected chi connectivity index (χ2v) is 11.7. The third-order valence-electron chi connectivity index (χ3n) is 6.97. The lowest BCUT2D eigenvalue weighted by molar-refractivity contribution is -0.125. The van der Waals surface area contributed by atoms with E-state index in [1.165, 1.54) is 0 Å². The third kappa shape index (κ3) is 8.25. The summed E-state index contributed by atoms with van der Waals surface area (Å²) in [6.07, 6.45) is 5.61. The molecule has 3 atom stereocenters. The van der Waals surface area contributed by atoms with Gasteiger partial charge < -0.3 is 25.8 Å². The van der Waals surface area contributed by atoms with Crippen molar-refractivity contribution >= 4 is 46.8 Å². The van der Waals surface area contributed by atoms with Crippen molar-refractivity contribution in [2.24, 2.45) is 11.7 Å². The zero-order valence-electron chi connectivity index (χ0n) is 22.9. The molecule has 1 aliphatic heterocycles. The molecule has 1 fully saturated rings. The van der Waals surface area contributed by atoms with Crippen LogP contribution in [-0.2, 0) is 16.0 Å². The van der Waals surface area contributed by atoms with Gasteiger partial charge in [0.2, 0.25) is 11.8 Å². The summed E-state index contributed by atoms with van der Waals surface area (Å²) in [6, 6.07) is 10.8. The van der Waals surface area contributed by atoms with E-state index in [2.05, 4.69) is 20.6 Å². The number of aromatic nitrogens is 2. The van der Waals surface area contributed by atoms with E-state index in [9.17, 15) is 9.59 Å². The van der Waals surface area contributed by atoms with Crippen LogP contribution >= 0.6 is 35.0 Å². The second kappa shape index (κ2) is 14.7. The van der Waals surface area contributed by atoms with Gasteiger partial charge in [0.25, 0.3) is 0 Å². The Balaban J connectivity index is 1.51. The van der Waals surface area contributed by atoms with Gasteiger partial charge in [-0.2, -0.15) is 0 Å². The number of hydrogen-bond acceptors (Lipinski definition) is 8. The molecule has 0 aliphatic carbocycles. The number of rotatable bonds is 12. The number of hydrogen-bond donors (Lipinski definition) is 3. The third-order valence-corrected chi connectivity index (χ3v) is 8.92. The SMILES string of the molecule is COc1ccc(-c2cnc(SC(CC(N)=O)C(=O)NC(Cc3cccc(Cl)c3Cl)C3CCCNC3)nc2)cc1OC. The zero-order valence-corrected chi connectivity index (χ0v) is 25.2. The summed E-state index contributed by atoms with van der Waals surface area (Å²) < 4.78 is 10.7. The number of primary amides is 1. The van der Waals surface area contributed by atoms with Gasteiger partial charge in [0, 0.05) is 30.4 Å². The lowest BCUT2D eigenvalue weighted by atomic mass is 9.87. The number of amides is 2. The number of nitrogens with zero attached hydrogens (tertiary/aromatic N) is 2. The van der Waals surface area contributed by atoms with Gasteiger partial charge in [-0.25, -0.2) is 9.97 Å². The predicted octanol–water partition coefficient (Wildman–Crippen LogP) is 4.53. The molecule has 1 saturated heterocycles. The maximum atomic E-state index is 13.6. The first-order chi connectivity index (χ1) is 19.8. The number of nitrogens with one attached hydrogen (secondary N) is 2. The number of nitrogens with two attached hydrogens (primary N) is 1. The number of carbonyl (C=O) groups is 2. The molecule has 2 aromatic carbocycles. The van der Waals surface area contributed by atoms with Gasteiger partial charge >= 0.3 is 0 Å². The Hall–Kier alpha value is -3.05. The molecule has 218 valence electrons. The Morgan fingerprint density at radius 1 is 1.12 bits per heavy atom. The maximum absolute atomic E-state index is 13.6. The normalized spacial score (nSPS) is 16.4. The van der Waals surface area contributed by atoms with Crippen LogP contribution in [0.2, 0.25) is 10.0 Å². The van der Waals surface area contributed by atoms with Gasteiger partial charge in [-0.15, -0.1) is 0 Å². The van der Waals surface area contributed by atoms with E-state index in [1.807, 2.05) is 24.3 Å². The van der Waals surface area contributed by atoms with Crippen LogP contribution in [-0.4, -0.2) is 60.4 Å². The van der Waals surface area contributed by atoms with E-state index in [0.717, 1.165) is 54.4 Å². The largest absolute Gasteiger partial charge is 0.493 e. The summed E-state index contributed by atoms with van der Waals surface area (Å²) in [5.41, 5.74) is 7.98. The van der Waals surface area contributed by atoms with Crippen molar-refractivity contribution in [1.29, 1.82) is 0 Å². The molecule has 3 unspecified atom stereocenters. The van der Waals surface area contributed by atoms with Gasteiger partial charge in [-0.1, -0.05) is 53.2 Å². The van der Waals surface area contributed by atoms with Gasteiger partial charge in [-0.3, -0.25) is 9.59 Å². The average Bonchev–Trinajstić information content (AvgIpc) is 2.99. The Kier molecular flexibility index (Phi) is 11.1. The zero-order chi connectivity index (χ0) is 29.4. The molecule has 9 nitrogen and oxygen atoms in total. The number of ether oxygens (including phenoxy) is 2. The highest BCUT2D eigenvalue weighted by molar-refractivity contribution is 8.00. The molecule has 3 aromatic rings. The molecule has 0 radical (unpaired) electrons. The van der Waals surface area contributed by atoms with Crippen molar-refractivity contribution in [2.75, 3.05) is 27.3 Å². The molecular weight excluding hydrogens is 585 g/mol. The predicted molar refractivity (Wildman–Crippen MR) is 162 cm³/mol. The van der Waals surface area contributed by atoms with Crippen LogP contribution in [0.3, 0.4) is 0 Å². The molecule has 2 amide bonds. The van der Waals surface area contributed by atoms with Crippen molar-refractivity contribution in [1.82, 2.24) is 20.6 Å². The fourth-order valence-corrected chi connectivity index (χ4v) is 6.12. The van der Waals surface area contributed by atoms with Crippen molar-refractivity contribution in [2.45, 2.75) is 42.1 Å². The number of halogens is 2. The molecule has 1 aliphatic rings. The Labute approximate surface area is 253 Å².